The number of rotatable bonds is 9. The zero-order valence-corrected chi connectivity index (χ0v) is 15.4. The zero-order chi connectivity index (χ0) is 17.4. The molecule has 6 heteroatoms. The Kier molecular flexibility index (Phi) is 7.63. The second-order valence-corrected chi connectivity index (χ2v) is 6.42. The Labute approximate surface area is 153 Å². The van der Waals surface area contributed by atoms with E-state index in [1.165, 1.54) is 0 Å². The average Bonchev–Trinajstić information content (AvgIpc) is 2.55. The van der Waals surface area contributed by atoms with Crippen molar-refractivity contribution in [2.24, 2.45) is 0 Å². The van der Waals surface area contributed by atoms with Gasteiger partial charge in [0.15, 0.2) is 5.75 Å². The van der Waals surface area contributed by atoms with Gasteiger partial charge in [0.05, 0.1) is 22.8 Å². The van der Waals surface area contributed by atoms with Gasteiger partial charge in [0.1, 0.15) is 0 Å². The molecule has 24 heavy (non-hydrogen) atoms. The molecule has 0 saturated carbocycles. The summed E-state index contributed by atoms with van der Waals surface area (Å²) in [7, 11) is 0. The van der Waals surface area contributed by atoms with Gasteiger partial charge >= 0.3 is 0 Å². The molecule has 1 N–H and O–H groups in total. The lowest BCUT2D eigenvalue weighted by Crippen LogP contribution is -2.17. The maximum Gasteiger partial charge on any atom is 0.213 e. The van der Waals surface area contributed by atoms with Gasteiger partial charge in [-0.25, -0.2) is 4.98 Å². The van der Waals surface area contributed by atoms with Crippen LogP contribution in [0.25, 0.3) is 0 Å². The molecule has 0 amide bonds. The maximum absolute atomic E-state index is 6.24. The standard InChI is InChI=1S/C18H22Cl2N2O2/c1-13(2)24-18-15(19)10-14(11-16(18)20)12-21-7-5-9-23-17-6-3-4-8-22-17/h3-4,6,8,10-11,13,21H,5,7,9,12H2,1-2H3. The van der Waals surface area contributed by atoms with Crippen LogP contribution in [0.3, 0.4) is 0 Å². The highest BCUT2D eigenvalue weighted by Crippen LogP contribution is 2.34. The summed E-state index contributed by atoms with van der Waals surface area (Å²) in [5.41, 5.74) is 1.02. The van der Waals surface area contributed by atoms with Gasteiger partial charge in [-0.05, 0) is 50.6 Å². The second kappa shape index (κ2) is 9.72. The van der Waals surface area contributed by atoms with E-state index in [2.05, 4.69) is 10.3 Å². The summed E-state index contributed by atoms with van der Waals surface area (Å²) in [5, 5.41) is 4.41. The van der Waals surface area contributed by atoms with Crippen LogP contribution in [0, 0.1) is 0 Å². The molecule has 0 spiro atoms. The topological polar surface area (TPSA) is 43.4 Å². The Morgan fingerprint density at radius 1 is 1.17 bits per heavy atom. The van der Waals surface area contributed by atoms with Gasteiger partial charge in [-0.1, -0.05) is 29.3 Å². The van der Waals surface area contributed by atoms with Crippen LogP contribution in [0.1, 0.15) is 25.8 Å². The molecule has 2 rings (SSSR count). The Hall–Kier alpha value is -1.49. The number of pyridine rings is 1. The fraction of sp³-hybridized carbons (Fsp3) is 0.389. The quantitative estimate of drug-likeness (QED) is 0.649. The van der Waals surface area contributed by atoms with Crippen LogP contribution in [0.5, 0.6) is 11.6 Å². The first-order chi connectivity index (χ1) is 11.6. The van der Waals surface area contributed by atoms with Crippen molar-refractivity contribution in [1.29, 1.82) is 0 Å². The molecule has 0 saturated heterocycles. The molecule has 1 aromatic carbocycles. The summed E-state index contributed by atoms with van der Waals surface area (Å²) in [4.78, 5) is 4.11. The molecule has 0 aliphatic rings. The number of hydrogen-bond acceptors (Lipinski definition) is 4. The maximum atomic E-state index is 6.24. The molecule has 0 atom stereocenters. The summed E-state index contributed by atoms with van der Waals surface area (Å²) in [6, 6.07) is 9.37. The summed E-state index contributed by atoms with van der Waals surface area (Å²) in [6.45, 7) is 6.01. The van der Waals surface area contributed by atoms with Gasteiger partial charge in [-0.3, -0.25) is 0 Å². The van der Waals surface area contributed by atoms with Crippen molar-refractivity contribution < 1.29 is 9.47 Å². The van der Waals surface area contributed by atoms with Crippen molar-refractivity contribution >= 4 is 23.2 Å². The lowest BCUT2D eigenvalue weighted by Gasteiger charge is -2.14. The van der Waals surface area contributed by atoms with Gasteiger partial charge in [0, 0.05) is 18.8 Å². The number of nitrogens with zero attached hydrogens (tertiary/aromatic N) is 1. The van der Waals surface area contributed by atoms with E-state index in [0.29, 0.717) is 34.8 Å². The van der Waals surface area contributed by atoms with E-state index in [4.69, 9.17) is 32.7 Å². The number of hydrogen-bond donors (Lipinski definition) is 1. The highest BCUT2D eigenvalue weighted by molar-refractivity contribution is 6.37. The lowest BCUT2D eigenvalue weighted by atomic mass is 10.2. The van der Waals surface area contributed by atoms with Crippen molar-refractivity contribution in [2.75, 3.05) is 13.2 Å². The lowest BCUT2D eigenvalue weighted by molar-refractivity contribution is 0.242. The van der Waals surface area contributed by atoms with Crippen molar-refractivity contribution in [3.63, 3.8) is 0 Å². The molecule has 0 unspecified atom stereocenters. The van der Waals surface area contributed by atoms with E-state index in [0.717, 1.165) is 18.5 Å². The fourth-order valence-corrected chi connectivity index (χ4v) is 2.72. The monoisotopic (exact) mass is 368 g/mol. The molecule has 130 valence electrons. The minimum atomic E-state index is 0.0306. The van der Waals surface area contributed by atoms with Crippen LogP contribution < -0.4 is 14.8 Å². The fourth-order valence-electron chi connectivity index (χ4n) is 2.10. The first kappa shape index (κ1) is 18.8. The number of ether oxygens (including phenoxy) is 2. The van der Waals surface area contributed by atoms with Crippen LogP contribution in [-0.4, -0.2) is 24.2 Å². The van der Waals surface area contributed by atoms with E-state index in [1.807, 2.05) is 44.2 Å². The van der Waals surface area contributed by atoms with Gasteiger partial charge in [0.25, 0.3) is 0 Å². The summed E-state index contributed by atoms with van der Waals surface area (Å²) < 4.78 is 11.2. The third kappa shape index (κ3) is 6.19. The molecule has 1 heterocycles. The second-order valence-electron chi connectivity index (χ2n) is 5.60. The normalized spacial score (nSPS) is 10.9. The third-order valence-corrected chi connectivity index (χ3v) is 3.69. The van der Waals surface area contributed by atoms with E-state index in [1.54, 1.807) is 6.20 Å². The number of benzene rings is 1. The highest BCUT2D eigenvalue weighted by atomic mass is 35.5. The number of aromatic nitrogens is 1. The molecular formula is C18H22Cl2N2O2. The van der Waals surface area contributed by atoms with E-state index >= 15 is 0 Å². The molecule has 2 aromatic rings. The predicted octanol–water partition coefficient (Wildman–Crippen LogP) is 4.73. The first-order valence-electron chi connectivity index (χ1n) is 7.95. The Morgan fingerprint density at radius 2 is 1.92 bits per heavy atom. The molecule has 0 fully saturated rings. The summed E-state index contributed by atoms with van der Waals surface area (Å²) >= 11 is 12.5. The van der Waals surface area contributed by atoms with Gasteiger partial charge < -0.3 is 14.8 Å². The van der Waals surface area contributed by atoms with E-state index < -0.39 is 0 Å². The Morgan fingerprint density at radius 3 is 2.54 bits per heavy atom. The summed E-state index contributed by atoms with van der Waals surface area (Å²) in [6.07, 6.45) is 2.63. The minimum absolute atomic E-state index is 0.0306. The van der Waals surface area contributed by atoms with Crippen LogP contribution in [-0.2, 0) is 6.54 Å². The van der Waals surface area contributed by atoms with Crippen LogP contribution in [0.2, 0.25) is 10.0 Å². The smallest absolute Gasteiger partial charge is 0.213 e. The SMILES string of the molecule is CC(C)Oc1c(Cl)cc(CNCCCOc2ccccn2)cc1Cl. The molecule has 0 aliphatic heterocycles. The van der Waals surface area contributed by atoms with Crippen molar-refractivity contribution in [1.82, 2.24) is 10.3 Å². The molecule has 4 nitrogen and oxygen atoms in total. The molecule has 0 aliphatic carbocycles. The first-order valence-corrected chi connectivity index (χ1v) is 8.71. The average molecular weight is 369 g/mol. The van der Waals surface area contributed by atoms with Crippen molar-refractivity contribution in [2.45, 2.75) is 32.9 Å². The molecule has 0 bridgehead atoms. The number of nitrogens with one attached hydrogen (secondary N) is 1. The van der Waals surface area contributed by atoms with E-state index in [-0.39, 0.29) is 6.10 Å². The summed E-state index contributed by atoms with van der Waals surface area (Å²) in [5.74, 6) is 1.19. The molecular weight excluding hydrogens is 347 g/mol. The predicted molar refractivity (Wildman–Crippen MR) is 98.3 cm³/mol. The van der Waals surface area contributed by atoms with Crippen molar-refractivity contribution in [3.8, 4) is 11.6 Å². The highest BCUT2D eigenvalue weighted by Gasteiger charge is 2.11. The zero-order valence-electron chi connectivity index (χ0n) is 13.9. The number of halogens is 2. The van der Waals surface area contributed by atoms with Crippen LogP contribution in [0.15, 0.2) is 36.5 Å². The van der Waals surface area contributed by atoms with Crippen molar-refractivity contribution in [3.05, 3.63) is 52.1 Å². The van der Waals surface area contributed by atoms with Crippen LogP contribution >= 0.6 is 23.2 Å². The largest absolute Gasteiger partial charge is 0.488 e. The van der Waals surface area contributed by atoms with Gasteiger partial charge in [-0.15, -0.1) is 0 Å². The van der Waals surface area contributed by atoms with E-state index in [9.17, 15) is 0 Å². The third-order valence-electron chi connectivity index (χ3n) is 3.13. The molecule has 1 aromatic heterocycles. The van der Waals surface area contributed by atoms with Crippen LogP contribution in [0.4, 0.5) is 0 Å². The minimum Gasteiger partial charge on any atom is -0.488 e. The Balaban J connectivity index is 1.72. The van der Waals surface area contributed by atoms with Gasteiger partial charge in [0.2, 0.25) is 5.88 Å². The molecule has 0 radical (unpaired) electrons. The van der Waals surface area contributed by atoms with Gasteiger partial charge in [-0.2, -0.15) is 0 Å². The Bertz CT molecular complexity index is 613.